The Bertz CT molecular complexity index is 590. The molecule has 20 heavy (non-hydrogen) atoms. The van der Waals surface area contributed by atoms with Gasteiger partial charge in [0.1, 0.15) is 5.82 Å². The monoisotopic (exact) mass is 290 g/mol. The fourth-order valence-corrected chi connectivity index (χ4v) is 3.27. The van der Waals surface area contributed by atoms with Crippen LogP contribution in [0.4, 0.5) is 0 Å². The summed E-state index contributed by atoms with van der Waals surface area (Å²) in [5.74, 6) is 1.99. The quantitative estimate of drug-likeness (QED) is 0.917. The number of rotatable bonds is 5. The van der Waals surface area contributed by atoms with Gasteiger partial charge in [-0.25, -0.2) is 0 Å². The number of nitrogens with zero attached hydrogens (tertiary/aromatic N) is 3. The lowest BCUT2D eigenvalue weighted by Gasteiger charge is -2.13. The van der Waals surface area contributed by atoms with Crippen LogP contribution in [0.1, 0.15) is 43.0 Å². The smallest absolute Gasteiger partial charge is 0.220 e. The Morgan fingerprint density at radius 1 is 1.55 bits per heavy atom. The largest absolute Gasteiger partial charge is 0.346 e. The number of nitrogens with one attached hydrogen (secondary N) is 1. The first-order valence-electron chi connectivity index (χ1n) is 6.96. The van der Waals surface area contributed by atoms with Gasteiger partial charge in [-0.2, -0.15) is 11.3 Å². The number of hydrogen-bond acceptors (Lipinski definition) is 4. The highest BCUT2D eigenvalue weighted by Gasteiger charge is 2.22. The molecule has 1 N–H and O–H groups in total. The Kier molecular flexibility index (Phi) is 3.82. The molecule has 3 heterocycles. The number of carbonyl (C=O) groups is 1. The van der Waals surface area contributed by atoms with Gasteiger partial charge in [-0.1, -0.05) is 0 Å². The number of carbonyl (C=O) groups excluding carboxylic acids is 1. The van der Waals surface area contributed by atoms with Gasteiger partial charge in [0.2, 0.25) is 5.91 Å². The molecule has 0 radical (unpaired) electrons. The molecule has 0 aliphatic carbocycles. The van der Waals surface area contributed by atoms with Crippen LogP contribution in [0.2, 0.25) is 0 Å². The second-order valence-corrected chi connectivity index (χ2v) is 5.93. The summed E-state index contributed by atoms with van der Waals surface area (Å²) in [6, 6.07) is 1.98. The lowest BCUT2D eigenvalue weighted by Crippen LogP contribution is -2.28. The van der Waals surface area contributed by atoms with E-state index in [4.69, 9.17) is 0 Å². The molecule has 0 spiro atoms. The van der Waals surface area contributed by atoms with Gasteiger partial charge in [0.15, 0.2) is 5.82 Å². The van der Waals surface area contributed by atoms with Gasteiger partial charge in [0.05, 0.1) is 6.04 Å². The molecule has 0 saturated heterocycles. The van der Waals surface area contributed by atoms with Gasteiger partial charge in [-0.3, -0.25) is 4.79 Å². The molecule has 1 atom stereocenters. The summed E-state index contributed by atoms with van der Waals surface area (Å²) in [5.41, 5.74) is 1.22. The fourth-order valence-electron chi connectivity index (χ4n) is 2.56. The van der Waals surface area contributed by atoms with E-state index >= 15 is 0 Å². The molecule has 0 aromatic carbocycles. The minimum atomic E-state index is -0.0793. The minimum absolute atomic E-state index is 0.0686. The van der Waals surface area contributed by atoms with Crippen LogP contribution in [0.5, 0.6) is 0 Å². The zero-order valence-corrected chi connectivity index (χ0v) is 12.3. The van der Waals surface area contributed by atoms with Crippen molar-refractivity contribution in [3.63, 3.8) is 0 Å². The number of fused-ring (bicyclic) bond motifs is 1. The SMILES string of the molecule is CC(NC(=O)CCc1ccsc1)c1nnc2n1CCC2. The van der Waals surface area contributed by atoms with Gasteiger partial charge in [-0.15, -0.1) is 10.2 Å². The average molecular weight is 290 g/mol. The zero-order valence-electron chi connectivity index (χ0n) is 11.5. The van der Waals surface area contributed by atoms with Crippen LogP contribution in [0, 0.1) is 0 Å². The van der Waals surface area contributed by atoms with Crippen molar-refractivity contribution in [1.82, 2.24) is 20.1 Å². The number of aryl methyl sites for hydroxylation is 2. The van der Waals surface area contributed by atoms with Crippen LogP contribution in [-0.2, 0) is 24.2 Å². The summed E-state index contributed by atoms with van der Waals surface area (Å²) in [6.07, 6.45) is 3.42. The molecule has 3 rings (SSSR count). The van der Waals surface area contributed by atoms with Gasteiger partial charge in [0, 0.05) is 19.4 Å². The molecule has 1 aliphatic heterocycles. The van der Waals surface area contributed by atoms with E-state index in [0.717, 1.165) is 37.5 Å². The van der Waals surface area contributed by atoms with Crippen molar-refractivity contribution in [2.24, 2.45) is 0 Å². The fraction of sp³-hybridized carbons (Fsp3) is 0.500. The predicted molar refractivity (Wildman–Crippen MR) is 77.5 cm³/mol. The van der Waals surface area contributed by atoms with E-state index in [1.165, 1.54) is 5.56 Å². The lowest BCUT2D eigenvalue weighted by molar-refractivity contribution is -0.121. The second-order valence-electron chi connectivity index (χ2n) is 5.15. The zero-order chi connectivity index (χ0) is 13.9. The van der Waals surface area contributed by atoms with Crippen LogP contribution < -0.4 is 5.32 Å². The maximum Gasteiger partial charge on any atom is 0.220 e. The molecular weight excluding hydrogens is 272 g/mol. The van der Waals surface area contributed by atoms with Gasteiger partial charge < -0.3 is 9.88 Å². The van der Waals surface area contributed by atoms with Crippen LogP contribution in [-0.4, -0.2) is 20.7 Å². The van der Waals surface area contributed by atoms with Crippen molar-refractivity contribution >= 4 is 17.2 Å². The highest BCUT2D eigenvalue weighted by atomic mass is 32.1. The minimum Gasteiger partial charge on any atom is -0.346 e. The molecule has 5 nitrogen and oxygen atoms in total. The Labute approximate surface area is 122 Å². The third-order valence-corrected chi connectivity index (χ3v) is 4.36. The van der Waals surface area contributed by atoms with Crippen LogP contribution in [0.3, 0.4) is 0 Å². The van der Waals surface area contributed by atoms with E-state index in [-0.39, 0.29) is 11.9 Å². The predicted octanol–water partition coefficient (Wildman–Crippen LogP) is 2.10. The summed E-state index contributed by atoms with van der Waals surface area (Å²) in [5, 5.41) is 15.5. The Balaban J connectivity index is 1.55. The number of thiophene rings is 1. The van der Waals surface area contributed by atoms with Gasteiger partial charge in [0.25, 0.3) is 0 Å². The average Bonchev–Trinajstić information content (AvgIpc) is 3.13. The molecule has 0 bridgehead atoms. The molecule has 1 unspecified atom stereocenters. The second kappa shape index (κ2) is 5.75. The van der Waals surface area contributed by atoms with Crippen molar-refractivity contribution in [2.75, 3.05) is 0 Å². The first-order chi connectivity index (χ1) is 9.74. The number of amides is 1. The van der Waals surface area contributed by atoms with Crippen LogP contribution in [0.15, 0.2) is 16.8 Å². The van der Waals surface area contributed by atoms with Gasteiger partial charge in [-0.05, 0) is 42.2 Å². The normalized spacial score (nSPS) is 15.1. The summed E-state index contributed by atoms with van der Waals surface area (Å²) >= 11 is 1.66. The molecule has 106 valence electrons. The number of hydrogen-bond donors (Lipinski definition) is 1. The van der Waals surface area contributed by atoms with E-state index in [1.807, 2.05) is 12.3 Å². The maximum absolute atomic E-state index is 12.0. The molecule has 6 heteroatoms. The highest BCUT2D eigenvalue weighted by Crippen LogP contribution is 2.19. The Hall–Kier alpha value is -1.69. The van der Waals surface area contributed by atoms with E-state index < -0.39 is 0 Å². The van der Waals surface area contributed by atoms with Crippen molar-refractivity contribution < 1.29 is 4.79 Å². The first kappa shape index (κ1) is 13.3. The topological polar surface area (TPSA) is 59.8 Å². The van der Waals surface area contributed by atoms with Gasteiger partial charge >= 0.3 is 0 Å². The molecule has 2 aromatic heterocycles. The summed E-state index contributed by atoms with van der Waals surface area (Å²) in [7, 11) is 0. The number of aromatic nitrogens is 3. The van der Waals surface area contributed by atoms with E-state index in [9.17, 15) is 4.79 Å². The van der Waals surface area contributed by atoms with Crippen molar-refractivity contribution in [3.05, 3.63) is 34.0 Å². The molecular formula is C14H18N4OS. The van der Waals surface area contributed by atoms with E-state index in [1.54, 1.807) is 11.3 Å². The van der Waals surface area contributed by atoms with Crippen molar-refractivity contribution in [2.45, 2.75) is 45.2 Å². The summed E-state index contributed by atoms with van der Waals surface area (Å²) < 4.78 is 2.13. The first-order valence-corrected chi connectivity index (χ1v) is 7.91. The molecule has 1 aliphatic rings. The molecule has 1 amide bonds. The standard InChI is InChI=1S/C14H18N4OS/c1-10(14-17-16-12-3-2-7-18(12)14)15-13(19)5-4-11-6-8-20-9-11/h6,8-10H,2-5,7H2,1H3,(H,15,19). The third kappa shape index (κ3) is 2.75. The van der Waals surface area contributed by atoms with Crippen molar-refractivity contribution in [3.8, 4) is 0 Å². The summed E-state index contributed by atoms with van der Waals surface area (Å²) in [6.45, 7) is 2.94. The maximum atomic E-state index is 12.0. The molecule has 2 aromatic rings. The van der Waals surface area contributed by atoms with Crippen LogP contribution >= 0.6 is 11.3 Å². The van der Waals surface area contributed by atoms with Crippen LogP contribution in [0.25, 0.3) is 0 Å². The molecule has 0 fully saturated rings. The lowest BCUT2D eigenvalue weighted by atomic mass is 10.2. The van der Waals surface area contributed by atoms with E-state index in [2.05, 4.69) is 31.5 Å². The summed E-state index contributed by atoms with van der Waals surface area (Å²) in [4.78, 5) is 12.0. The van der Waals surface area contributed by atoms with E-state index in [0.29, 0.717) is 6.42 Å². The molecule has 0 saturated carbocycles. The Morgan fingerprint density at radius 2 is 2.45 bits per heavy atom. The third-order valence-electron chi connectivity index (χ3n) is 3.62. The Morgan fingerprint density at radius 3 is 3.25 bits per heavy atom. The van der Waals surface area contributed by atoms with Crippen molar-refractivity contribution in [1.29, 1.82) is 0 Å². The highest BCUT2D eigenvalue weighted by molar-refractivity contribution is 7.07.